The van der Waals surface area contributed by atoms with Crippen molar-refractivity contribution in [2.75, 3.05) is 51.8 Å². The van der Waals surface area contributed by atoms with E-state index >= 15 is 0 Å². The number of hydrogen-bond donors (Lipinski definition) is 0. The number of carbonyl (C=O) groups excluding carboxylic acids is 1. The molecule has 2 aliphatic rings. The van der Waals surface area contributed by atoms with Gasteiger partial charge in [-0.15, -0.1) is 0 Å². The maximum absolute atomic E-state index is 12.4. The largest absolute Gasteiger partial charge is 0.375 e. The Bertz CT molecular complexity index is 600. The van der Waals surface area contributed by atoms with Crippen molar-refractivity contribution in [2.24, 2.45) is 0 Å². The summed E-state index contributed by atoms with van der Waals surface area (Å²) in [6.45, 7) is 2.80. The van der Waals surface area contributed by atoms with Gasteiger partial charge in [-0.05, 0) is 13.5 Å². The lowest BCUT2D eigenvalue weighted by atomic mass is 10.2. The summed E-state index contributed by atoms with van der Waals surface area (Å²) in [6, 6.07) is 1.79. The van der Waals surface area contributed by atoms with Crippen LogP contribution in [0, 0.1) is 11.3 Å². The summed E-state index contributed by atoms with van der Waals surface area (Å²) in [4.78, 5) is 17.9. The molecule has 122 valence electrons. The van der Waals surface area contributed by atoms with E-state index in [4.69, 9.17) is 0 Å². The third-order valence-corrected chi connectivity index (χ3v) is 6.01. The molecule has 0 N–H and O–H groups in total. The zero-order valence-corrected chi connectivity index (χ0v) is 13.8. The second kappa shape index (κ2) is 6.67. The average Bonchev–Trinajstić information content (AvgIpc) is 2.85. The van der Waals surface area contributed by atoms with Crippen LogP contribution in [0.4, 0.5) is 0 Å². The Kier molecular flexibility index (Phi) is 5.08. The number of carbonyl (C=O) groups is 1. The number of nitrogens with zero attached hydrogens (tertiary/aromatic N) is 4. The van der Waals surface area contributed by atoms with Gasteiger partial charge in [0.2, 0.25) is 0 Å². The number of sulfone groups is 1. The lowest BCUT2D eigenvalue weighted by Crippen LogP contribution is -2.47. The van der Waals surface area contributed by atoms with Crippen molar-refractivity contribution in [3.63, 3.8) is 0 Å². The standard InChI is InChI=1S/C14H22N4O3S/c1-16-4-6-18(7-5-16)14(19)12(9-15)10-17(2)13-3-8-22(20,21)11-13/h10,13H,3-8,11H2,1-2H3/b12-10-. The Morgan fingerprint density at radius 3 is 2.45 bits per heavy atom. The van der Waals surface area contributed by atoms with Gasteiger partial charge in [0.25, 0.3) is 5.91 Å². The van der Waals surface area contributed by atoms with Gasteiger partial charge in [0.05, 0.1) is 11.5 Å². The van der Waals surface area contributed by atoms with Gasteiger partial charge in [0, 0.05) is 45.5 Å². The van der Waals surface area contributed by atoms with Crippen LogP contribution in [0.3, 0.4) is 0 Å². The third-order valence-electron chi connectivity index (χ3n) is 4.26. The second-order valence-corrected chi connectivity index (χ2v) is 8.20. The van der Waals surface area contributed by atoms with Crippen LogP contribution >= 0.6 is 0 Å². The van der Waals surface area contributed by atoms with Crippen molar-refractivity contribution in [3.05, 3.63) is 11.8 Å². The quantitative estimate of drug-likeness (QED) is 0.503. The Morgan fingerprint density at radius 1 is 1.32 bits per heavy atom. The zero-order chi connectivity index (χ0) is 16.3. The molecule has 1 amide bonds. The first kappa shape index (κ1) is 16.8. The molecule has 0 aromatic heterocycles. The molecule has 22 heavy (non-hydrogen) atoms. The van der Waals surface area contributed by atoms with E-state index in [1.807, 2.05) is 13.1 Å². The Labute approximate surface area is 131 Å². The lowest BCUT2D eigenvalue weighted by molar-refractivity contribution is -0.128. The molecular formula is C14H22N4O3S. The monoisotopic (exact) mass is 326 g/mol. The number of amides is 1. The molecule has 1 atom stereocenters. The minimum Gasteiger partial charge on any atom is -0.375 e. The molecule has 2 saturated heterocycles. The first-order chi connectivity index (χ1) is 10.3. The van der Waals surface area contributed by atoms with Crippen LogP contribution in [-0.2, 0) is 14.6 Å². The van der Waals surface area contributed by atoms with Gasteiger partial charge in [-0.25, -0.2) is 8.42 Å². The predicted octanol–water partition coefficient (Wildman–Crippen LogP) is -0.713. The van der Waals surface area contributed by atoms with Crippen molar-refractivity contribution in [2.45, 2.75) is 12.5 Å². The number of rotatable bonds is 3. The number of piperazine rings is 1. The van der Waals surface area contributed by atoms with Gasteiger partial charge in [0.1, 0.15) is 11.6 Å². The fourth-order valence-corrected chi connectivity index (χ4v) is 4.50. The number of likely N-dealkylation sites (N-methyl/N-ethyl adjacent to an activating group) is 1. The number of hydrogen-bond acceptors (Lipinski definition) is 6. The average molecular weight is 326 g/mol. The molecule has 7 nitrogen and oxygen atoms in total. The van der Waals surface area contributed by atoms with Crippen LogP contribution in [-0.4, -0.2) is 86.8 Å². The van der Waals surface area contributed by atoms with Gasteiger partial charge in [-0.1, -0.05) is 0 Å². The second-order valence-electron chi connectivity index (χ2n) is 5.97. The molecule has 2 fully saturated rings. The van der Waals surface area contributed by atoms with Gasteiger partial charge in [0.15, 0.2) is 9.84 Å². The van der Waals surface area contributed by atoms with Crippen LogP contribution < -0.4 is 0 Å². The molecule has 2 rings (SSSR count). The minimum atomic E-state index is -2.98. The molecule has 0 aromatic rings. The SMILES string of the molecule is CN1CCN(C(=O)/C(C#N)=C\N(C)C2CCS(=O)(=O)C2)CC1. The van der Waals surface area contributed by atoms with E-state index in [0.29, 0.717) is 19.5 Å². The van der Waals surface area contributed by atoms with Crippen molar-refractivity contribution < 1.29 is 13.2 Å². The summed E-state index contributed by atoms with van der Waals surface area (Å²) in [5, 5.41) is 9.25. The van der Waals surface area contributed by atoms with E-state index in [-0.39, 0.29) is 29.0 Å². The normalized spacial score (nSPS) is 25.8. The van der Waals surface area contributed by atoms with Crippen LogP contribution in [0.1, 0.15) is 6.42 Å². The van der Waals surface area contributed by atoms with E-state index in [9.17, 15) is 18.5 Å². The lowest BCUT2D eigenvalue weighted by Gasteiger charge is -2.32. The van der Waals surface area contributed by atoms with Gasteiger partial charge in [-0.2, -0.15) is 5.26 Å². The predicted molar refractivity (Wildman–Crippen MR) is 82.6 cm³/mol. The van der Waals surface area contributed by atoms with Crippen molar-refractivity contribution in [1.82, 2.24) is 14.7 Å². The summed E-state index contributed by atoms with van der Waals surface area (Å²) < 4.78 is 23.0. The Hall–Kier alpha value is -1.59. The molecule has 0 spiro atoms. The summed E-state index contributed by atoms with van der Waals surface area (Å²) in [7, 11) is 0.735. The minimum absolute atomic E-state index is 0.0661. The third kappa shape index (κ3) is 3.99. The number of nitriles is 1. The molecule has 2 heterocycles. The molecule has 2 aliphatic heterocycles. The van der Waals surface area contributed by atoms with Crippen LogP contribution in [0.25, 0.3) is 0 Å². The van der Waals surface area contributed by atoms with Crippen molar-refractivity contribution >= 4 is 15.7 Å². The van der Waals surface area contributed by atoms with Crippen LogP contribution in [0.15, 0.2) is 11.8 Å². The molecular weight excluding hydrogens is 304 g/mol. The molecule has 0 saturated carbocycles. The first-order valence-corrected chi connectivity index (χ1v) is 9.16. The highest BCUT2D eigenvalue weighted by atomic mass is 32.2. The molecule has 8 heteroatoms. The van der Waals surface area contributed by atoms with E-state index in [1.165, 1.54) is 6.20 Å². The maximum Gasteiger partial charge on any atom is 0.266 e. The Morgan fingerprint density at radius 2 is 1.95 bits per heavy atom. The summed E-state index contributed by atoms with van der Waals surface area (Å²) in [5.74, 6) is -0.0192. The van der Waals surface area contributed by atoms with Crippen LogP contribution in [0.5, 0.6) is 0 Å². The summed E-state index contributed by atoms with van der Waals surface area (Å²) in [5.41, 5.74) is 0.0661. The van der Waals surface area contributed by atoms with E-state index < -0.39 is 9.84 Å². The topological polar surface area (TPSA) is 84.7 Å². The van der Waals surface area contributed by atoms with Gasteiger partial charge < -0.3 is 14.7 Å². The summed E-state index contributed by atoms with van der Waals surface area (Å²) in [6.07, 6.45) is 2.03. The highest BCUT2D eigenvalue weighted by Gasteiger charge is 2.30. The molecule has 0 radical (unpaired) electrons. The first-order valence-electron chi connectivity index (χ1n) is 7.34. The highest BCUT2D eigenvalue weighted by Crippen LogP contribution is 2.18. The summed E-state index contributed by atoms with van der Waals surface area (Å²) >= 11 is 0. The fourth-order valence-electron chi connectivity index (χ4n) is 2.72. The van der Waals surface area contributed by atoms with Crippen molar-refractivity contribution in [3.8, 4) is 6.07 Å². The highest BCUT2D eigenvalue weighted by molar-refractivity contribution is 7.91. The molecule has 1 unspecified atom stereocenters. The zero-order valence-electron chi connectivity index (χ0n) is 13.0. The molecule has 0 aromatic carbocycles. The smallest absolute Gasteiger partial charge is 0.266 e. The van der Waals surface area contributed by atoms with Crippen molar-refractivity contribution in [1.29, 1.82) is 5.26 Å². The van der Waals surface area contributed by atoms with E-state index in [2.05, 4.69) is 4.90 Å². The van der Waals surface area contributed by atoms with E-state index in [0.717, 1.165) is 13.1 Å². The van der Waals surface area contributed by atoms with Gasteiger partial charge >= 0.3 is 0 Å². The Balaban J connectivity index is 2.04. The van der Waals surface area contributed by atoms with E-state index in [1.54, 1.807) is 16.8 Å². The fraction of sp³-hybridized carbons (Fsp3) is 0.714. The molecule has 0 bridgehead atoms. The maximum atomic E-state index is 12.4. The van der Waals surface area contributed by atoms with Gasteiger partial charge in [-0.3, -0.25) is 4.79 Å². The molecule has 0 aliphatic carbocycles. The van der Waals surface area contributed by atoms with Crippen LogP contribution in [0.2, 0.25) is 0 Å².